The molecule has 0 aliphatic rings. The Morgan fingerprint density at radius 2 is 1.82 bits per heavy atom. The summed E-state index contributed by atoms with van der Waals surface area (Å²) in [6.07, 6.45) is 2.40. The molecule has 0 fully saturated rings. The highest BCUT2D eigenvalue weighted by Crippen LogP contribution is 2.22. The van der Waals surface area contributed by atoms with E-state index in [1.54, 1.807) is 30.9 Å². The second-order valence-electron chi connectivity index (χ2n) is 6.36. The first kappa shape index (κ1) is 19.4. The van der Waals surface area contributed by atoms with Crippen molar-refractivity contribution >= 4 is 16.8 Å². The first-order chi connectivity index (χ1) is 13.6. The summed E-state index contributed by atoms with van der Waals surface area (Å²) in [7, 11) is 3.17. The van der Waals surface area contributed by atoms with Gasteiger partial charge in [0.25, 0.3) is 5.56 Å². The number of amides is 1. The van der Waals surface area contributed by atoms with Crippen LogP contribution in [-0.4, -0.2) is 29.7 Å². The molecule has 0 spiro atoms. The minimum atomic E-state index is -0.0884. The molecule has 28 heavy (non-hydrogen) atoms. The number of methoxy groups -OCH3 is 2. The van der Waals surface area contributed by atoms with Gasteiger partial charge in [0.1, 0.15) is 11.5 Å². The van der Waals surface area contributed by atoms with E-state index in [1.165, 1.54) is 6.33 Å². The molecular weight excluding hydrogens is 358 g/mol. The zero-order valence-electron chi connectivity index (χ0n) is 16.0. The maximum Gasteiger partial charge on any atom is 0.261 e. The van der Waals surface area contributed by atoms with Crippen molar-refractivity contribution in [1.29, 1.82) is 0 Å². The summed E-state index contributed by atoms with van der Waals surface area (Å²) in [5.74, 6) is 1.27. The van der Waals surface area contributed by atoms with E-state index in [-0.39, 0.29) is 11.5 Å². The zero-order valence-corrected chi connectivity index (χ0v) is 16.0. The molecule has 3 rings (SSSR count). The molecule has 1 amide bonds. The van der Waals surface area contributed by atoms with Crippen molar-refractivity contribution < 1.29 is 14.3 Å². The van der Waals surface area contributed by atoms with Gasteiger partial charge in [-0.05, 0) is 36.2 Å². The first-order valence-electron chi connectivity index (χ1n) is 9.03. The molecule has 3 aromatic rings. The minimum absolute atomic E-state index is 0.0800. The topological polar surface area (TPSA) is 82.5 Å². The van der Waals surface area contributed by atoms with E-state index in [1.807, 2.05) is 30.3 Å². The van der Waals surface area contributed by atoms with Crippen LogP contribution in [0.3, 0.4) is 0 Å². The van der Waals surface area contributed by atoms with Gasteiger partial charge in [-0.25, -0.2) is 4.98 Å². The lowest BCUT2D eigenvalue weighted by Gasteiger charge is -2.10. The predicted molar refractivity (Wildman–Crippen MR) is 107 cm³/mol. The van der Waals surface area contributed by atoms with Gasteiger partial charge in [-0.3, -0.25) is 14.2 Å². The monoisotopic (exact) mass is 381 g/mol. The molecule has 0 unspecified atom stereocenters. The van der Waals surface area contributed by atoms with Crippen LogP contribution in [0.2, 0.25) is 0 Å². The second-order valence-corrected chi connectivity index (χ2v) is 6.36. The predicted octanol–water partition coefficient (Wildman–Crippen LogP) is 2.51. The van der Waals surface area contributed by atoms with Crippen molar-refractivity contribution in [3.8, 4) is 11.5 Å². The Kier molecular flexibility index (Phi) is 6.26. The minimum Gasteiger partial charge on any atom is -0.497 e. The van der Waals surface area contributed by atoms with E-state index < -0.39 is 0 Å². The number of fused-ring (bicyclic) bond motifs is 1. The summed E-state index contributed by atoms with van der Waals surface area (Å²) in [6, 6.07) is 12.7. The molecular formula is C21H23N3O4. The molecule has 0 bridgehead atoms. The summed E-state index contributed by atoms with van der Waals surface area (Å²) in [6.45, 7) is 0.820. The quantitative estimate of drug-likeness (QED) is 0.648. The third kappa shape index (κ3) is 4.68. The van der Waals surface area contributed by atoms with E-state index in [4.69, 9.17) is 9.47 Å². The van der Waals surface area contributed by atoms with E-state index >= 15 is 0 Å². The summed E-state index contributed by atoms with van der Waals surface area (Å²) in [4.78, 5) is 28.9. The van der Waals surface area contributed by atoms with Crippen LogP contribution in [0.15, 0.2) is 53.6 Å². The number of nitrogens with one attached hydrogen (secondary N) is 1. The summed E-state index contributed by atoms with van der Waals surface area (Å²) >= 11 is 0. The molecule has 1 heterocycles. The van der Waals surface area contributed by atoms with Gasteiger partial charge in [0.05, 0.1) is 31.4 Å². The lowest BCUT2D eigenvalue weighted by atomic mass is 10.2. The summed E-state index contributed by atoms with van der Waals surface area (Å²) in [5.41, 5.74) is 1.48. The van der Waals surface area contributed by atoms with Crippen LogP contribution in [0.25, 0.3) is 10.9 Å². The third-order valence-electron chi connectivity index (χ3n) is 4.44. The van der Waals surface area contributed by atoms with Crippen molar-refractivity contribution in [3.63, 3.8) is 0 Å². The molecule has 0 radical (unpaired) electrons. The van der Waals surface area contributed by atoms with Crippen molar-refractivity contribution in [2.24, 2.45) is 0 Å². The average Bonchev–Trinajstić information content (AvgIpc) is 2.73. The molecule has 0 saturated carbocycles. The normalized spacial score (nSPS) is 10.6. The van der Waals surface area contributed by atoms with Crippen molar-refractivity contribution in [1.82, 2.24) is 14.9 Å². The largest absolute Gasteiger partial charge is 0.497 e. The highest BCUT2D eigenvalue weighted by Gasteiger charge is 2.07. The fraction of sp³-hybridized carbons (Fsp3) is 0.286. The van der Waals surface area contributed by atoms with Crippen molar-refractivity contribution in [3.05, 3.63) is 64.7 Å². The molecule has 1 aromatic heterocycles. The molecule has 146 valence electrons. The van der Waals surface area contributed by atoms with Crippen LogP contribution in [0, 0.1) is 0 Å². The number of hydrogen-bond donors (Lipinski definition) is 1. The summed E-state index contributed by atoms with van der Waals surface area (Å²) in [5, 5.41) is 3.46. The number of para-hydroxylation sites is 1. The molecule has 2 aromatic carbocycles. The fourth-order valence-corrected chi connectivity index (χ4v) is 2.93. The SMILES string of the molecule is COc1cc(CNC(=O)CCCn2cnc3ccccc3c2=O)cc(OC)c1. The van der Waals surface area contributed by atoms with Crippen LogP contribution in [0.5, 0.6) is 11.5 Å². The van der Waals surface area contributed by atoms with Crippen molar-refractivity contribution in [2.75, 3.05) is 14.2 Å². The molecule has 0 atom stereocenters. The molecule has 7 nitrogen and oxygen atoms in total. The third-order valence-corrected chi connectivity index (χ3v) is 4.44. The fourth-order valence-electron chi connectivity index (χ4n) is 2.93. The number of rotatable bonds is 8. The Bertz CT molecular complexity index is 1010. The Hall–Kier alpha value is -3.35. The second kappa shape index (κ2) is 9.03. The van der Waals surface area contributed by atoms with Gasteiger partial charge in [-0.1, -0.05) is 12.1 Å². The Balaban J connectivity index is 1.53. The van der Waals surface area contributed by atoms with Gasteiger partial charge in [0.2, 0.25) is 5.91 Å². The summed E-state index contributed by atoms with van der Waals surface area (Å²) < 4.78 is 12.0. The van der Waals surface area contributed by atoms with E-state index in [2.05, 4.69) is 10.3 Å². The first-order valence-corrected chi connectivity index (χ1v) is 9.03. The lowest BCUT2D eigenvalue weighted by molar-refractivity contribution is -0.121. The number of ether oxygens (including phenoxy) is 2. The van der Waals surface area contributed by atoms with Gasteiger partial charge < -0.3 is 14.8 Å². The Labute approximate surface area is 162 Å². The Morgan fingerprint density at radius 3 is 2.54 bits per heavy atom. The number of aromatic nitrogens is 2. The molecule has 7 heteroatoms. The number of nitrogens with zero attached hydrogens (tertiary/aromatic N) is 2. The van der Waals surface area contributed by atoms with Crippen molar-refractivity contribution in [2.45, 2.75) is 25.9 Å². The van der Waals surface area contributed by atoms with Crippen LogP contribution in [-0.2, 0) is 17.9 Å². The molecule has 0 aliphatic heterocycles. The Morgan fingerprint density at radius 1 is 1.11 bits per heavy atom. The molecule has 1 N–H and O–H groups in total. The van der Waals surface area contributed by atoms with Crippen LogP contribution in [0.1, 0.15) is 18.4 Å². The van der Waals surface area contributed by atoms with E-state index in [0.29, 0.717) is 48.3 Å². The number of carbonyl (C=O) groups excluding carboxylic acids is 1. The highest BCUT2D eigenvalue weighted by atomic mass is 16.5. The maximum atomic E-state index is 12.4. The van der Waals surface area contributed by atoms with Crippen LogP contribution >= 0.6 is 0 Å². The average molecular weight is 381 g/mol. The number of hydrogen-bond acceptors (Lipinski definition) is 5. The smallest absolute Gasteiger partial charge is 0.261 e. The van der Waals surface area contributed by atoms with Crippen LogP contribution in [0.4, 0.5) is 0 Å². The highest BCUT2D eigenvalue weighted by molar-refractivity contribution is 5.77. The molecule has 0 saturated heterocycles. The number of aryl methyl sites for hydroxylation is 1. The van der Waals surface area contributed by atoms with E-state index in [9.17, 15) is 9.59 Å². The van der Waals surface area contributed by atoms with Gasteiger partial charge in [-0.15, -0.1) is 0 Å². The van der Waals surface area contributed by atoms with Crippen LogP contribution < -0.4 is 20.3 Å². The van der Waals surface area contributed by atoms with E-state index in [0.717, 1.165) is 5.56 Å². The standard InChI is InChI=1S/C21H23N3O4/c1-27-16-10-15(11-17(12-16)28-2)13-22-20(25)8-5-9-24-14-23-19-7-4-3-6-18(19)21(24)26/h3-4,6-7,10-12,14H,5,8-9,13H2,1-2H3,(H,22,25). The molecule has 0 aliphatic carbocycles. The maximum absolute atomic E-state index is 12.4. The number of carbonyl (C=O) groups is 1. The van der Waals surface area contributed by atoms with Gasteiger partial charge in [0, 0.05) is 25.6 Å². The van der Waals surface area contributed by atoms with Gasteiger partial charge in [0.15, 0.2) is 0 Å². The van der Waals surface area contributed by atoms with Gasteiger partial charge in [-0.2, -0.15) is 0 Å². The zero-order chi connectivity index (χ0) is 19.9. The number of benzene rings is 2. The van der Waals surface area contributed by atoms with Gasteiger partial charge >= 0.3 is 0 Å². The lowest BCUT2D eigenvalue weighted by Crippen LogP contribution is -2.24.